The number of halogens is 1. The number of amides is 1. The molecule has 0 aliphatic heterocycles. The Kier molecular flexibility index (Phi) is 4.37. The minimum Gasteiger partial charge on any atom is -0.481 e. The molecule has 1 unspecified atom stereocenters. The van der Waals surface area contributed by atoms with Gasteiger partial charge in [0.05, 0.1) is 11.5 Å². The van der Waals surface area contributed by atoms with E-state index in [0.29, 0.717) is 17.9 Å². The first-order valence-electron chi connectivity index (χ1n) is 8.23. The molecule has 1 aromatic rings. The third kappa shape index (κ3) is 3.23. The fraction of sp³-hybridized carbons (Fsp3) is 0.556. The molecule has 0 saturated heterocycles. The van der Waals surface area contributed by atoms with E-state index in [9.17, 15) is 14.7 Å². The van der Waals surface area contributed by atoms with Crippen LogP contribution < -0.4 is 0 Å². The predicted octanol–water partition coefficient (Wildman–Crippen LogP) is 4.04. The van der Waals surface area contributed by atoms with E-state index in [0.717, 1.165) is 24.8 Å². The van der Waals surface area contributed by atoms with Gasteiger partial charge in [0.15, 0.2) is 0 Å². The summed E-state index contributed by atoms with van der Waals surface area (Å²) in [6.45, 7) is 2.01. The number of nitrogens with zero attached hydrogens (tertiary/aromatic N) is 1. The molecule has 2 saturated carbocycles. The van der Waals surface area contributed by atoms with E-state index in [1.165, 1.54) is 0 Å². The van der Waals surface area contributed by atoms with E-state index in [4.69, 9.17) is 11.6 Å². The number of carbonyl (C=O) groups excluding carboxylic acids is 1. The Bertz CT molecular complexity index is 605. The molecule has 5 heteroatoms. The zero-order valence-electron chi connectivity index (χ0n) is 13.3. The highest BCUT2D eigenvalue weighted by atomic mass is 35.5. The number of rotatable bonds is 6. The van der Waals surface area contributed by atoms with Gasteiger partial charge in [0.1, 0.15) is 0 Å². The van der Waals surface area contributed by atoms with Crippen molar-refractivity contribution in [3.05, 3.63) is 34.9 Å². The van der Waals surface area contributed by atoms with E-state index in [2.05, 4.69) is 0 Å². The van der Waals surface area contributed by atoms with Gasteiger partial charge in [0, 0.05) is 17.5 Å². The standard InChI is InChI=1S/C18H22ClNO3/c1-12(13-3-5-14(19)6-4-13)20(15-7-8-15)16(21)11-18(17(22)23)9-2-10-18/h3-6,12,15H,2,7-11H2,1H3,(H,22,23). The molecule has 2 fully saturated rings. The average molecular weight is 336 g/mol. The third-order valence-corrected chi connectivity index (χ3v) is 5.50. The second kappa shape index (κ2) is 6.16. The number of carboxylic acids is 1. The number of aliphatic carboxylic acids is 1. The maximum Gasteiger partial charge on any atom is 0.310 e. The lowest BCUT2D eigenvalue weighted by Crippen LogP contribution is -2.45. The molecule has 1 aromatic carbocycles. The smallest absolute Gasteiger partial charge is 0.310 e. The topological polar surface area (TPSA) is 57.6 Å². The number of carboxylic acid groups (broad SMARTS) is 1. The van der Waals surface area contributed by atoms with Crippen molar-refractivity contribution in [2.75, 3.05) is 0 Å². The van der Waals surface area contributed by atoms with Crippen LogP contribution in [-0.2, 0) is 9.59 Å². The van der Waals surface area contributed by atoms with Crippen molar-refractivity contribution in [1.82, 2.24) is 4.90 Å². The lowest BCUT2D eigenvalue weighted by Gasteiger charge is -2.39. The predicted molar refractivity (Wildman–Crippen MR) is 88.3 cm³/mol. The first kappa shape index (κ1) is 16.3. The summed E-state index contributed by atoms with van der Waals surface area (Å²) < 4.78 is 0. The molecule has 23 heavy (non-hydrogen) atoms. The molecule has 0 radical (unpaired) electrons. The average Bonchev–Trinajstić information content (AvgIpc) is 3.28. The summed E-state index contributed by atoms with van der Waals surface area (Å²) in [7, 11) is 0. The van der Waals surface area contributed by atoms with E-state index in [1.54, 1.807) is 0 Å². The maximum atomic E-state index is 12.9. The molecule has 0 spiro atoms. The highest BCUT2D eigenvalue weighted by Gasteiger charge is 2.48. The second-order valence-corrected chi connectivity index (χ2v) is 7.31. The zero-order valence-corrected chi connectivity index (χ0v) is 14.1. The Balaban J connectivity index is 1.77. The summed E-state index contributed by atoms with van der Waals surface area (Å²) in [5.41, 5.74) is 0.205. The normalized spacial score (nSPS) is 20.4. The summed E-state index contributed by atoms with van der Waals surface area (Å²) in [6.07, 6.45) is 4.25. The van der Waals surface area contributed by atoms with Crippen LogP contribution in [0.1, 0.15) is 57.1 Å². The van der Waals surface area contributed by atoms with Crippen LogP contribution in [0.3, 0.4) is 0 Å². The zero-order chi connectivity index (χ0) is 16.6. The van der Waals surface area contributed by atoms with Crippen LogP contribution in [0.25, 0.3) is 0 Å². The van der Waals surface area contributed by atoms with E-state index in [-0.39, 0.29) is 24.4 Å². The number of hydrogen-bond acceptors (Lipinski definition) is 2. The van der Waals surface area contributed by atoms with Crippen LogP contribution in [0, 0.1) is 5.41 Å². The summed E-state index contributed by atoms with van der Waals surface area (Å²) in [4.78, 5) is 26.3. The molecule has 0 bridgehead atoms. The molecule has 2 aliphatic carbocycles. The number of benzene rings is 1. The number of carbonyl (C=O) groups is 2. The highest BCUT2D eigenvalue weighted by Crippen LogP contribution is 2.46. The highest BCUT2D eigenvalue weighted by molar-refractivity contribution is 6.30. The molecule has 1 N–H and O–H groups in total. The van der Waals surface area contributed by atoms with Gasteiger partial charge in [-0.3, -0.25) is 9.59 Å². The van der Waals surface area contributed by atoms with Gasteiger partial charge in [0.25, 0.3) is 0 Å². The van der Waals surface area contributed by atoms with Crippen LogP contribution in [-0.4, -0.2) is 27.9 Å². The van der Waals surface area contributed by atoms with Gasteiger partial charge in [-0.05, 0) is 50.3 Å². The van der Waals surface area contributed by atoms with E-state index in [1.807, 2.05) is 36.1 Å². The molecule has 3 rings (SSSR count). The summed E-state index contributed by atoms with van der Waals surface area (Å²) in [6, 6.07) is 7.72. The SMILES string of the molecule is CC(c1ccc(Cl)cc1)N(C(=O)CC1(C(=O)O)CCC1)C1CC1. The summed E-state index contributed by atoms with van der Waals surface area (Å²) in [5, 5.41) is 10.1. The van der Waals surface area contributed by atoms with Crippen molar-refractivity contribution in [3.63, 3.8) is 0 Å². The van der Waals surface area contributed by atoms with Crippen LogP contribution in [0.2, 0.25) is 5.02 Å². The van der Waals surface area contributed by atoms with Gasteiger partial charge < -0.3 is 10.0 Å². The first-order valence-corrected chi connectivity index (χ1v) is 8.61. The minimum absolute atomic E-state index is 0.0305. The fourth-order valence-corrected chi connectivity index (χ4v) is 3.57. The molecule has 1 amide bonds. The Morgan fingerprint density at radius 2 is 1.91 bits per heavy atom. The molecule has 1 atom stereocenters. The van der Waals surface area contributed by atoms with Gasteiger partial charge in [-0.1, -0.05) is 30.2 Å². The van der Waals surface area contributed by atoms with E-state index >= 15 is 0 Å². The largest absolute Gasteiger partial charge is 0.481 e. The van der Waals surface area contributed by atoms with Gasteiger partial charge >= 0.3 is 5.97 Å². The summed E-state index contributed by atoms with van der Waals surface area (Å²) in [5.74, 6) is -0.857. The molecule has 0 aromatic heterocycles. The molecular formula is C18H22ClNO3. The monoisotopic (exact) mass is 335 g/mol. The van der Waals surface area contributed by atoms with Crippen LogP contribution >= 0.6 is 11.6 Å². The number of hydrogen-bond donors (Lipinski definition) is 1. The van der Waals surface area contributed by atoms with Gasteiger partial charge in [0.2, 0.25) is 5.91 Å². The Morgan fingerprint density at radius 1 is 1.30 bits per heavy atom. The Labute approximate surface area is 141 Å². The van der Waals surface area contributed by atoms with Crippen molar-refractivity contribution in [1.29, 1.82) is 0 Å². The van der Waals surface area contributed by atoms with Gasteiger partial charge in [-0.2, -0.15) is 0 Å². The van der Waals surface area contributed by atoms with Crippen molar-refractivity contribution < 1.29 is 14.7 Å². The van der Waals surface area contributed by atoms with Crippen LogP contribution in [0.15, 0.2) is 24.3 Å². The van der Waals surface area contributed by atoms with Crippen molar-refractivity contribution in [2.24, 2.45) is 5.41 Å². The first-order chi connectivity index (χ1) is 10.9. The van der Waals surface area contributed by atoms with Gasteiger partial charge in [-0.15, -0.1) is 0 Å². The van der Waals surface area contributed by atoms with Gasteiger partial charge in [-0.25, -0.2) is 0 Å². The molecule has 0 heterocycles. The lowest BCUT2D eigenvalue weighted by atomic mass is 9.66. The fourth-order valence-electron chi connectivity index (χ4n) is 3.44. The van der Waals surface area contributed by atoms with Crippen molar-refractivity contribution in [3.8, 4) is 0 Å². The molecule has 124 valence electrons. The van der Waals surface area contributed by atoms with E-state index < -0.39 is 11.4 Å². The molecular weight excluding hydrogens is 314 g/mol. The summed E-state index contributed by atoms with van der Waals surface area (Å²) >= 11 is 5.94. The Hall–Kier alpha value is -1.55. The molecule has 4 nitrogen and oxygen atoms in total. The Morgan fingerprint density at radius 3 is 2.35 bits per heavy atom. The second-order valence-electron chi connectivity index (χ2n) is 6.88. The molecule has 2 aliphatic rings. The maximum absolute atomic E-state index is 12.9. The minimum atomic E-state index is -0.829. The van der Waals surface area contributed by atoms with Crippen molar-refractivity contribution >= 4 is 23.5 Å². The van der Waals surface area contributed by atoms with Crippen LogP contribution in [0.4, 0.5) is 0 Å². The lowest BCUT2D eigenvalue weighted by molar-refractivity contribution is -0.160. The third-order valence-electron chi connectivity index (χ3n) is 5.25. The quantitative estimate of drug-likeness (QED) is 0.853. The van der Waals surface area contributed by atoms with Crippen molar-refractivity contribution in [2.45, 2.75) is 57.5 Å². The van der Waals surface area contributed by atoms with Crippen LogP contribution in [0.5, 0.6) is 0 Å².